The van der Waals surface area contributed by atoms with E-state index < -0.39 is 96.1 Å². The van der Waals surface area contributed by atoms with Crippen molar-refractivity contribution in [1.82, 2.24) is 0 Å². The van der Waals surface area contributed by atoms with E-state index in [-0.39, 0.29) is 22.7 Å². The smallest absolute Gasteiger partial charge is 0.239 e. The van der Waals surface area contributed by atoms with Crippen LogP contribution in [0.25, 0.3) is 22.3 Å². The molecule has 0 spiro atoms. The van der Waals surface area contributed by atoms with Crippen LogP contribution in [0.3, 0.4) is 0 Å². The highest BCUT2D eigenvalue weighted by Crippen LogP contribution is 2.40. The molecular formula is C27H30O15. The van der Waals surface area contributed by atoms with Gasteiger partial charge < -0.3 is 69.3 Å². The lowest BCUT2D eigenvalue weighted by Crippen LogP contribution is -2.61. The summed E-state index contributed by atoms with van der Waals surface area (Å²) < 4.78 is 27.9. The maximum atomic E-state index is 13.6. The van der Waals surface area contributed by atoms with Crippen LogP contribution >= 0.6 is 0 Å². The first-order valence-electron chi connectivity index (χ1n) is 12.9. The number of phenolic OH excluding ortho intramolecular Hbond substituents is 3. The summed E-state index contributed by atoms with van der Waals surface area (Å²) in [6.45, 7) is 0.850. The summed E-state index contributed by atoms with van der Waals surface area (Å²) in [6.07, 6.45) is -15.9. The van der Waals surface area contributed by atoms with Crippen molar-refractivity contribution in [2.75, 3.05) is 6.61 Å². The average molecular weight is 595 g/mol. The number of hydrogen-bond donors (Lipinski definition) is 9. The number of aliphatic hydroxyl groups excluding tert-OH is 6. The van der Waals surface area contributed by atoms with Crippen molar-refractivity contribution in [3.05, 3.63) is 46.6 Å². The molecule has 2 aliphatic heterocycles. The van der Waals surface area contributed by atoms with E-state index >= 15 is 0 Å². The fourth-order valence-electron chi connectivity index (χ4n) is 4.83. The van der Waals surface area contributed by atoms with Crippen LogP contribution in [0.2, 0.25) is 0 Å². The van der Waals surface area contributed by atoms with Gasteiger partial charge in [0.25, 0.3) is 0 Å². The van der Waals surface area contributed by atoms with Crippen molar-refractivity contribution in [2.24, 2.45) is 0 Å². The van der Waals surface area contributed by atoms with E-state index in [0.29, 0.717) is 0 Å². The van der Waals surface area contributed by atoms with Crippen LogP contribution in [-0.4, -0.2) is 114 Å². The minimum absolute atomic E-state index is 0.0431. The number of fused-ring (bicyclic) bond motifs is 1. The van der Waals surface area contributed by atoms with Crippen LogP contribution in [0, 0.1) is 0 Å². The molecule has 228 valence electrons. The summed E-state index contributed by atoms with van der Waals surface area (Å²) in [5, 5.41) is 92.1. The second-order valence-electron chi connectivity index (χ2n) is 10.1. The lowest BCUT2D eigenvalue weighted by atomic mass is 9.98. The molecule has 0 unspecified atom stereocenters. The van der Waals surface area contributed by atoms with Gasteiger partial charge in [0.2, 0.25) is 17.5 Å². The van der Waals surface area contributed by atoms with Gasteiger partial charge >= 0.3 is 0 Å². The SMILES string of the molecule is C[C@@H]1O[C@@H](OC[C@H]2O[C@@H](Oc3c(-c4ccccc4O)oc4cc(O)cc(O)c4c3=O)[C@H](O)[C@@H](O)[C@@H]2O)[C@H](O)[C@H](O)[C@H]1O. The summed E-state index contributed by atoms with van der Waals surface area (Å²) in [7, 11) is 0. The van der Waals surface area contributed by atoms with Gasteiger partial charge in [-0.25, -0.2) is 0 Å². The minimum Gasteiger partial charge on any atom is -0.508 e. The molecule has 0 aliphatic carbocycles. The molecule has 3 heterocycles. The van der Waals surface area contributed by atoms with Crippen LogP contribution < -0.4 is 10.2 Å². The minimum atomic E-state index is -1.94. The van der Waals surface area contributed by atoms with Crippen LogP contribution in [0.4, 0.5) is 0 Å². The molecule has 2 fully saturated rings. The maximum Gasteiger partial charge on any atom is 0.239 e. The Morgan fingerprint density at radius 1 is 0.786 bits per heavy atom. The van der Waals surface area contributed by atoms with Gasteiger partial charge in [0.05, 0.1) is 18.3 Å². The van der Waals surface area contributed by atoms with Crippen LogP contribution in [0.5, 0.6) is 23.0 Å². The number of benzene rings is 2. The summed E-state index contributed by atoms with van der Waals surface area (Å²) in [6, 6.07) is 7.63. The Bertz CT molecular complexity index is 1490. The highest BCUT2D eigenvalue weighted by atomic mass is 16.7. The number of aliphatic hydroxyl groups is 6. The number of ether oxygens (including phenoxy) is 4. The predicted octanol–water partition coefficient (Wildman–Crippen LogP) is -1.39. The normalized spacial score (nSPS) is 33.5. The molecule has 0 amide bonds. The standard InChI is InChI=1S/C27H30O15/c1-9-17(31)20(34)22(36)26(39-9)38-8-15-18(32)21(35)23(37)27(41-15)42-25-19(33)16-13(30)6-10(28)7-14(16)40-24(25)11-4-2-3-5-12(11)29/h2-7,9,15,17-18,20-23,26-32,34-37H,8H2,1H3/t9-,15+,17-,18+,20+,21-,22+,23+,26+,27-/m0/s1. The lowest BCUT2D eigenvalue weighted by Gasteiger charge is -2.42. The zero-order valence-electron chi connectivity index (χ0n) is 21.9. The second kappa shape index (κ2) is 11.6. The number of aromatic hydroxyl groups is 3. The van der Waals surface area contributed by atoms with E-state index in [9.17, 15) is 50.8 Å². The third-order valence-electron chi connectivity index (χ3n) is 7.20. The van der Waals surface area contributed by atoms with Gasteiger partial charge in [0.15, 0.2) is 12.1 Å². The molecule has 2 aliphatic rings. The Morgan fingerprint density at radius 2 is 1.45 bits per heavy atom. The van der Waals surface area contributed by atoms with Crippen molar-refractivity contribution in [2.45, 2.75) is 68.3 Å². The number of hydrogen-bond acceptors (Lipinski definition) is 15. The third kappa shape index (κ3) is 5.37. The molecule has 42 heavy (non-hydrogen) atoms. The Labute approximate surface area is 236 Å². The zero-order valence-corrected chi connectivity index (χ0v) is 21.9. The topological polar surface area (TPSA) is 249 Å². The Morgan fingerprint density at radius 3 is 2.17 bits per heavy atom. The molecular weight excluding hydrogens is 564 g/mol. The zero-order chi connectivity index (χ0) is 30.5. The van der Waals surface area contributed by atoms with Crippen LogP contribution in [-0.2, 0) is 14.2 Å². The molecule has 15 nitrogen and oxygen atoms in total. The van der Waals surface area contributed by atoms with Gasteiger partial charge in [-0.05, 0) is 19.1 Å². The predicted molar refractivity (Wildman–Crippen MR) is 139 cm³/mol. The molecule has 0 saturated carbocycles. The van der Waals surface area contributed by atoms with Gasteiger partial charge in [0, 0.05) is 12.1 Å². The van der Waals surface area contributed by atoms with Crippen molar-refractivity contribution in [3.8, 4) is 34.3 Å². The van der Waals surface area contributed by atoms with Gasteiger partial charge in [-0.15, -0.1) is 0 Å². The van der Waals surface area contributed by atoms with Crippen molar-refractivity contribution in [1.29, 1.82) is 0 Å². The number of phenols is 3. The van der Waals surface area contributed by atoms with E-state index in [1.807, 2.05) is 0 Å². The first-order valence-corrected chi connectivity index (χ1v) is 12.9. The maximum absolute atomic E-state index is 13.6. The molecule has 2 aromatic carbocycles. The Balaban J connectivity index is 1.47. The number of rotatable bonds is 6. The van der Waals surface area contributed by atoms with Gasteiger partial charge in [-0.3, -0.25) is 4.79 Å². The van der Waals surface area contributed by atoms with Gasteiger partial charge in [-0.2, -0.15) is 0 Å². The van der Waals surface area contributed by atoms with E-state index in [4.69, 9.17) is 23.4 Å². The molecule has 2 saturated heterocycles. The first kappa shape index (κ1) is 30.0. The largest absolute Gasteiger partial charge is 0.508 e. The van der Waals surface area contributed by atoms with E-state index in [2.05, 4.69) is 0 Å². The fourth-order valence-corrected chi connectivity index (χ4v) is 4.83. The molecule has 1 aromatic heterocycles. The molecule has 10 atom stereocenters. The van der Waals surface area contributed by atoms with E-state index in [1.165, 1.54) is 31.2 Å². The molecule has 9 N–H and O–H groups in total. The second-order valence-corrected chi connectivity index (χ2v) is 10.1. The number of para-hydroxylation sites is 1. The lowest BCUT2D eigenvalue weighted by molar-refractivity contribution is -0.318. The summed E-state index contributed by atoms with van der Waals surface area (Å²) in [5.41, 5.74) is -1.29. The van der Waals surface area contributed by atoms with E-state index in [1.54, 1.807) is 0 Å². The summed E-state index contributed by atoms with van der Waals surface area (Å²) in [4.78, 5) is 13.6. The summed E-state index contributed by atoms with van der Waals surface area (Å²) in [5.74, 6) is -2.45. The van der Waals surface area contributed by atoms with Crippen molar-refractivity contribution in [3.63, 3.8) is 0 Å². The van der Waals surface area contributed by atoms with Gasteiger partial charge in [-0.1, -0.05) is 12.1 Å². The van der Waals surface area contributed by atoms with E-state index in [0.717, 1.165) is 12.1 Å². The molecule has 0 radical (unpaired) electrons. The Hall–Kier alpha value is -3.51. The van der Waals surface area contributed by atoms with Crippen molar-refractivity contribution >= 4 is 11.0 Å². The van der Waals surface area contributed by atoms with Crippen molar-refractivity contribution < 1.29 is 69.3 Å². The average Bonchev–Trinajstić information content (AvgIpc) is 2.95. The molecule has 0 bridgehead atoms. The first-order chi connectivity index (χ1) is 19.9. The van der Waals surface area contributed by atoms with Crippen LogP contribution in [0.15, 0.2) is 45.6 Å². The third-order valence-corrected chi connectivity index (χ3v) is 7.20. The van der Waals surface area contributed by atoms with Crippen LogP contribution in [0.1, 0.15) is 6.92 Å². The highest BCUT2D eigenvalue weighted by molar-refractivity contribution is 5.88. The van der Waals surface area contributed by atoms with Gasteiger partial charge in [0.1, 0.15) is 70.9 Å². The Kier molecular flexibility index (Phi) is 8.30. The molecule has 15 heteroatoms. The molecule has 3 aromatic rings. The fraction of sp³-hybridized carbons (Fsp3) is 0.444. The molecule has 5 rings (SSSR count). The highest BCUT2D eigenvalue weighted by Gasteiger charge is 2.47. The quantitative estimate of drug-likeness (QED) is 0.159. The monoisotopic (exact) mass is 594 g/mol. The summed E-state index contributed by atoms with van der Waals surface area (Å²) >= 11 is 0.